The largest absolute Gasteiger partial charge is 0.485 e. The van der Waals surface area contributed by atoms with Crippen LogP contribution in [0.15, 0.2) is 67.0 Å². The first-order valence-corrected chi connectivity index (χ1v) is 11.3. The van der Waals surface area contributed by atoms with Crippen molar-refractivity contribution in [3.63, 3.8) is 0 Å². The van der Waals surface area contributed by atoms with Crippen LogP contribution in [0.5, 0.6) is 11.5 Å². The summed E-state index contributed by atoms with van der Waals surface area (Å²) in [5.41, 5.74) is 4.49. The Kier molecular flexibility index (Phi) is 4.80. The van der Waals surface area contributed by atoms with E-state index in [2.05, 4.69) is 39.7 Å². The van der Waals surface area contributed by atoms with Crippen molar-refractivity contribution in [1.82, 2.24) is 19.4 Å². The molecule has 2 aromatic heterocycles. The third kappa shape index (κ3) is 3.41. The second kappa shape index (κ2) is 7.95. The lowest BCUT2D eigenvalue weighted by Gasteiger charge is -2.33. The first-order chi connectivity index (χ1) is 15.8. The molecule has 162 valence electrons. The fourth-order valence-electron chi connectivity index (χ4n) is 4.85. The van der Waals surface area contributed by atoms with Crippen LogP contribution < -0.4 is 9.47 Å². The normalized spacial score (nSPS) is 19.3. The summed E-state index contributed by atoms with van der Waals surface area (Å²) in [6, 6.07) is 18.9. The Morgan fingerprint density at radius 1 is 0.906 bits per heavy atom. The molecule has 6 heteroatoms. The van der Waals surface area contributed by atoms with Gasteiger partial charge < -0.3 is 18.9 Å². The first-order valence-electron chi connectivity index (χ1n) is 11.3. The molecule has 0 amide bonds. The van der Waals surface area contributed by atoms with Gasteiger partial charge in [0, 0.05) is 18.4 Å². The van der Waals surface area contributed by atoms with Crippen molar-refractivity contribution in [3.05, 3.63) is 72.8 Å². The maximum Gasteiger partial charge on any atom is 0.190 e. The molecule has 1 unspecified atom stereocenters. The van der Waals surface area contributed by atoms with Crippen LogP contribution in [0.4, 0.5) is 0 Å². The van der Waals surface area contributed by atoms with Gasteiger partial charge in [0.1, 0.15) is 6.61 Å². The zero-order valence-electron chi connectivity index (χ0n) is 18.1. The standard InChI is InChI=1S/C26H26N4O2/c1-29-14-10-20(11-15-29)30-22-16-19(18-8-12-27-13-9-18)6-7-21(22)28-26(30)25-17-31-23-4-2-3-5-24(23)32-25/h2-9,12-13,16,20,25H,10-11,14-15,17H2,1H3. The maximum atomic E-state index is 6.39. The van der Waals surface area contributed by atoms with Crippen molar-refractivity contribution in [2.45, 2.75) is 25.0 Å². The highest BCUT2D eigenvalue weighted by Gasteiger charge is 2.31. The molecule has 0 bridgehead atoms. The summed E-state index contributed by atoms with van der Waals surface area (Å²) in [5, 5.41) is 0. The van der Waals surface area contributed by atoms with Crippen LogP contribution in [0.25, 0.3) is 22.2 Å². The van der Waals surface area contributed by atoms with Crippen molar-refractivity contribution < 1.29 is 9.47 Å². The quantitative estimate of drug-likeness (QED) is 0.467. The van der Waals surface area contributed by atoms with E-state index in [0.29, 0.717) is 12.6 Å². The maximum absolute atomic E-state index is 6.39. The van der Waals surface area contributed by atoms with Gasteiger partial charge in [-0.1, -0.05) is 18.2 Å². The number of hydrogen-bond acceptors (Lipinski definition) is 5. The smallest absolute Gasteiger partial charge is 0.190 e. The van der Waals surface area contributed by atoms with E-state index in [1.54, 1.807) is 0 Å². The highest BCUT2D eigenvalue weighted by Crippen LogP contribution is 2.39. The number of para-hydroxylation sites is 2. The lowest BCUT2D eigenvalue weighted by atomic mass is 10.0. The topological polar surface area (TPSA) is 52.4 Å². The summed E-state index contributed by atoms with van der Waals surface area (Å²) in [7, 11) is 2.19. The lowest BCUT2D eigenvalue weighted by Crippen LogP contribution is -2.33. The van der Waals surface area contributed by atoms with Crippen molar-refractivity contribution in [1.29, 1.82) is 0 Å². The van der Waals surface area contributed by atoms with Crippen molar-refractivity contribution >= 4 is 11.0 Å². The molecule has 1 atom stereocenters. The minimum atomic E-state index is -0.235. The molecule has 2 aliphatic heterocycles. The predicted molar refractivity (Wildman–Crippen MR) is 124 cm³/mol. The third-order valence-electron chi connectivity index (χ3n) is 6.58. The predicted octanol–water partition coefficient (Wildman–Crippen LogP) is 4.88. The second-order valence-corrected chi connectivity index (χ2v) is 8.68. The molecule has 6 rings (SSSR count). The van der Waals surface area contributed by atoms with Crippen LogP contribution in [-0.2, 0) is 0 Å². The van der Waals surface area contributed by atoms with Gasteiger partial charge in [-0.15, -0.1) is 0 Å². The van der Waals surface area contributed by atoms with Gasteiger partial charge in [0.05, 0.1) is 11.0 Å². The summed E-state index contributed by atoms with van der Waals surface area (Å²) in [6.45, 7) is 2.63. The molecule has 32 heavy (non-hydrogen) atoms. The van der Waals surface area contributed by atoms with Crippen molar-refractivity contribution in [3.8, 4) is 22.6 Å². The van der Waals surface area contributed by atoms with Crippen LogP contribution in [0, 0.1) is 0 Å². The number of benzene rings is 2. The fraction of sp³-hybridized carbons (Fsp3) is 0.308. The number of likely N-dealkylation sites (tertiary alicyclic amines) is 1. The Morgan fingerprint density at radius 2 is 1.69 bits per heavy atom. The Bertz CT molecular complexity index is 1250. The number of ether oxygens (including phenoxy) is 2. The van der Waals surface area contributed by atoms with Crippen molar-refractivity contribution in [2.24, 2.45) is 0 Å². The molecule has 4 heterocycles. The molecule has 0 spiro atoms. The molecule has 0 radical (unpaired) electrons. The van der Waals surface area contributed by atoms with E-state index in [-0.39, 0.29) is 6.10 Å². The van der Waals surface area contributed by atoms with E-state index >= 15 is 0 Å². The first kappa shape index (κ1) is 19.3. The number of rotatable bonds is 3. The molecule has 2 aliphatic rings. The van der Waals surface area contributed by atoms with Crippen LogP contribution in [-0.4, -0.2) is 46.2 Å². The summed E-state index contributed by atoms with van der Waals surface area (Å²) in [5.74, 6) is 2.53. The van der Waals surface area contributed by atoms with E-state index < -0.39 is 0 Å². The number of aromatic nitrogens is 3. The lowest BCUT2D eigenvalue weighted by molar-refractivity contribution is 0.0797. The van der Waals surface area contributed by atoms with Gasteiger partial charge in [-0.3, -0.25) is 4.98 Å². The van der Waals surface area contributed by atoms with Gasteiger partial charge >= 0.3 is 0 Å². The number of hydrogen-bond donors (Lipinski definition) is 0. The van der Waals surface area contributed by atoms with E-state index in [4.69, 9.17) is 14.5 Å². The Balaban J connectivity index is 1.46. The molecule has 1 saturated heterocycles. The van der Waals surface area contributed by atoms with Crippen LogP contribution in [0.3, 0.4) is 0 Å². The molecule has 0 aliphatic carbocycles. The van der Waals surface area contributed by atoms with Crippen LogP contribution in [0.2, 0.25) is 0 Å². The molecule has 4 aromatic rings. The minimum Gasteiger partial charge on any atom is -0.485 e. The average molecular weight is 427 g/mol. The Labute approximate surface area is 187 Å². The summed E-state index contributed by atoms with van der Waals surface area (Å²) in [4.78, 5) is 11.6. The highest BCUT2D eigenvalue weighted by molar-refractivity contribution is 5.83. The van der Waals surface area contributed by atoms with Gasteiger partial charge in [-0.2, -0.15) is 0 Å². The average Bonchev–Trinajstić information content (AvgIpc) is 3.23. The number of pyridine rings is 1. The van der Waals surface area contributed by atoms with E-state index in [1.165, 1.54) is 5.56 Å². The third-order valence-corrected chi connectivity index (χ3v) is 6.58. The van der Waals surface area contributed by atoms with Gasteiger partial charge in [-0.05, 0) is 80.5 Å². The van der Waals surface area contributed by atoms with Gasteiger partial charge in [0.25, 0.3) is 0 Å². The summed E-state index contributed by atoms with van der Waals surface area (Å²) in [6.07, 6.45) is 5.63. The Morgan fingerprint density at radius 3 is 2.50 bits per heavy atom. The SMILES string of the molecule is CN1CCC(n2c(C3COc4ccccc4O3)nc3ccc(-c4ccncc4)cc32)CC1. The fourth-order valence-corrected chi connectivity index (χ4v) is 4.85. The summed E-state index contributed by atoms with van der Waals surface area (Å²) >= 11 is 0. The number of nitrogens with zero attached hydrogens (tertiary/aromatic N) is 4. The minimum absolute atomic E-state index is 0.235. The van der Waals surface area contributed by atoms with Crippen molar-refractivity contribution in [2.75, 3.05) is 26.7 Å². The number of piperidine rings is 1. The number of imidazole rings is 1. The van der Waals surface area contributed by atoms with E-state index in [1.807, 2.05) is 48.8 Å². The molecule has 6 nitrogen and oxygen atoms in total. The van der Waals surface area contributed by atoms with E-state index in [9.17, 15) is 0 Å². The second-order valence-electron chi connectivity index (χ2n) is 8.68. The monoisotopic (exact) mass is 426 g/mol. The van der Waals surface area contributed by atoms with Gasteiger partial charge in [0.15, 0.2) is 23.4 Å². The van der Waals surface area contributed by atoms with E-state index in [0.717, 1.165) is 59.9 Å². The molecular weight excluding hydrogens is 400 g/mol. The molecule has 1 fully saturated rings. The molecule has 2 aromatic carbocycles. The van der Waals surface area contributed by atoms with Gasteiger partial charge in [0.2, 0.25) is 0 Å². The number of fused-ring (bicyclic) bond motifs is 2. The van der Waals surface area contributed by atoms with Gasteiger partial charge in [-0.25, -0.2) is 4.98 Å². The zero-order chi connectivity index (χ0) is 21.5. The highest BCUT2D eigenvalue weighted by atomic mass is 16.6. The zero-order valence-corrected chi connectivity index (χ0v) is 18.1. The Hall–Kier alpha value is -3.38. The molecule has 0 N–H and O–H groups in total. The molecule has 0 saturated carbocycles. The summed E-state index contributed by atoms with van der Waals surface area (Å²) < 4.78 is 14.9. The van der Waals surface area contributed by atoms with Crippen LogP contribution in [0.1, 0.15) is 30.8 Å². The van der Waals surface area contributed by atoms with Crippen LogP contribution >= 0.6 is 0 Å². The molecular formula is C26H26N4O2.